The molecule has 120 valence electrons. The van der Waals surface area contributed by atoms with E-state index in [0.717, 1.165) is 50.3 Å². The van der Waals surface area contributed by atoms with Crippen molar-refractivity contribution in [2.75, 3.05) is 24.5 Å². The van der Waals surface area contributed by atoms with Gasteiger partial charge in [0.1, 0.15) is 0 Å². The van der Waals surface area contributed by atoms with Gasteiger partial charge in [-0.2, -0.15) is 0 Å². The Balaban J connectivity index is 1.61. The first-order chi connectivity index (χ1) is 11.3. The standard InChI is InChI=1S/C17H21N5O/c1-12-16(19-20-22(12)14-6-9-18-10-7-14)17(23)21-11-8-13-4-2-3-5-15(13)21/h2-5,14,18H,6-11H2,1H3. The zero-order chi connectivity index (χ0) is 15.8. The van der Waals surface area contributed by atoms with Crippen LogP contribution in [0.5, 0.6) is 0 Å². The van der Waals surface area contributed by atoms with Crippen LogP contribution in [0.1, 0.15) is 40.6 Å². The van der Waals surface area contributed by atoms with Crippen molar-refractivity contribution >= 4 is 11.6 Å². The van der Waals surface area contributed by atoms with Gasteiger partial charge in [-0.25, -0.2) is 4.68 Å². The number of carbonyl (C=O) groups is 1. The Morgan fingerprint density at radius 1 is 1.26 bits per heavy atom. The second-order valence-electron chi connectivity index (χ2n) is 6.28. The minimum absolute atomic E-state index is 0.0346. The molecule has 1 saturated heterocycles. The zero-order valence-corrected chi connectivity index (χ0v) is 13.3. The number of fused-ring (bicyclic) bond motifs is 1. The van der Waals surface area contributed by atoms with Crippen molar-refractivity contribution in [2.24, 2.45) is 0 Å². The smallest absolute Gasteiger partial charge is 0.280 e. The molecular formula is C17H21N5O. The topological polar surface area (TPSA) is 63.1 Å². The van der Waals surface area contributed by atoms with E-state index in [1.54, 1.807) is 0 Å². The first kappa shape index (κ1) is 14.4. The van der Waals surface area contributed by atoms with Gasteiger partial charge in [-0.05, 0) is 50.9 Å². The van der Waals surface area contributed by atoms with Crippen molar-refractivity contribution in [3.8, 4) is 0 Å². The summed E-state index contributed by atoms with van der Waals surface area (Å²) < 4.78 is 1.94. The highest BCUT2D eigenvalue weighted by Crippen LogP contribution is 2.29. The molecule has 1 fully saturated rings. The van der Waals surface area contributed by atoms with Crippen LogP contribution in [-0.4, -0.2) is 40.5 Å². The predicted molar refractivity (Wildman–Crippen MR) is 87.7 cm³/mol. The van der Waals surface area contributed by atoms with Gasteiger partial charge < -0.3 is 10.2 Å². The fourth-order valence-corrected chi connectivity index (χ4v) is 3.61. The molecule has 0 spiro atoms. The molecule has 0 aliphatic carbocycles. The van der Waals surface area contributed by atoms with E-state index in [9.17, 15) is 4.79 Å². The summed E-state index contributed by atoms with van der Waals surface area (Å²) in [5, 5.41) is 11.8. The third kappa shape index (κ3) is 2.43. The van der Waals surface area contributed by atoms with Crippen LogP contribution in [0.25, 0.3) is 0 Å². The molecule has 6 nitrogen and oxygen atoms in total. The van der Waals surface area contributed by atoms with Gasteiger partial charge in [-0.1, -0.05) is 23.4 Å². The molecule has 0 radical (unpaired) electrons. The first-order valence-corrected chi connectivity index (χ1v) is 8.28. The molecule has 2 aromatic rings. The summed E-state index contributed by atoms with van der Waals surface area (Å²) in [6.07, 6.45) is 2.97. The lowest BCUT2D eigenvalue weighted by Crippen LogP contribution is -2.31. The van der Waals surface area contributed by atoms with E-state index in [1.165, 1.54) is 5.56 Å². The van der Waals surface area contributed by atoms with Crippen LogP contribution in [-0.2, 0) is 6.42 Å². The number of piperidine rings is 1. The molecule has 0 unspecified atom stereocenters. The molecule has 1 aromatic carbocycles. The number of aromatic nitrogens is 3. The Labute approximate surface area is 135 Å². The van der Waals surface area contributed by atoms with E-state index in [-0.39, 0.29) is 5.91 Å². The fraction of sp³-hybridized carbons (Fsp3) is 0.471. The highest BCUT2D eigenvalue weighted by molar-refractivity contribution is 6.06. The number of anilines is 1. The normalized spacial score (nSPS) is 18.2. The van der Waals surface area contributed by atoms with Crippen LogP contribution in [0.4, 0.5) is 5.69 Å². The van der Waals surface area contributed by atoms with Crippen molar-refractivity contribution in [3.63, 3.8) is 0 Å². The Kier molecular flexibility index (Phi) is 3.61. The average Bonchev–Trinajstić information content (AvgIpc) is 3.19. The molecular weight excluding hydrogens is 290 g/mol. The summed E-state index contributed by atoms with van der Waals surface area (Å²) in [7, 11) is 0. The molecule has 3 heterocycles. The molecule has 2 aliphatic heterocycles. The number of para-hydroxylation sites is 1. The number of hydrogen-bond acceptors (Lipinski definition) is 4. The number of benzene rings is 1. The van der Waals surface area contributed by atoms with E-state index in [2.05, 4.69) is 21.7 Å². The van der Waals surface area contributed by atoms with Crippen LogP contribution in [0.3, 0.4) is 0 Å². The Morgan fingerprint density at radius 3 is 2.87 bits per heavy atom. The molecule has 0 saturated carbocycles. The summed E-state index contributed by atoms with van der Waals surface area (Å²) in [6, 6.07) is 8.43. The third-order valence-electron chi connectivity index (χ3n) is 4.92. The Morgan fingerprint density at radius 2 is 2.04 bits per heavy atom. The Bertz CT molecular complexity index is 732. The minimum Gasteiger partial charge on any atom is -0.317 e. The van der Waals surface area contributed by atoms with E-state index in [4.69, 9.17) is 0 Å². The van der Waals surface area contributed by atoms with Crippen LogP contribution < -0.4 is 10.2 Å². The van der Waals surface area contributed by atoms with Crippen molar-refractivity contribution in [1.82, 2.24) is 20.3 Å². The monoisotopic (exact) mass is 311 g/mol. The predicted octanol–water partition coefficient (Wildman–Crippen LogP) is 1.71. The van der Waals surface area contributed by atoms with Gasteiger partial charge in [0.05, 0.1) is 11.7 Å². The maximum atomic E-state index is 12.9. The number of nitrogens with zero attached hydrogens (tertiary/aromatic N) is 4. The lowest BCUT2D eigenvalue weighted by molar-refractivity contribution is 0.0984. The number of amides is 1. The summed E-state index contributed by atoms with van der Waals surface area (Å²) in [6.45, 7) is 4.66. The summed E-state index contributed by atoms with van der Waals surface area (Å²) in [5.41, 5.74) is 3.60. The molecule has 1 N–H and O–H groups in total. The second-order valence-corrected chi connectivity index (χ2v) is 6.28. The number of rotatable bonds is 2. The van der Waals surface area contributed by atoms with Gasteiger partial charge in [-0.15, -0.1) is 5.10 Å². The van der Waals surface area contributed by atoms with Gasteiger partial charge in [0.15, 0.2) is 5.69 Å². The van der Waals surface area contributed by atoms with E-state index < -0.39 is 0 Å². The van der Waals surface area contributed by atoms with Crippen LogP contribution >= 0.6 is 0 Å². The van der Waals surface area contributed by atoms with Crippen molar-refractivity contribution in [2.45, 2.75) is 32.2 Å². The fourth-order valence-electron chi connectivity index (χ4n) is 3.61. The molecule has 1 amide bonds. The van der Waals surface area contributed by atoms with Crippen molar-refractivity contribution in [1.29, 1.82) is 0 Å². The molecule has 2 aliphatic rings. The molecule has 1 aromatic heterocycles. The SMILES string of the molecule is Cc1c(C(=O)N2CCc3ccccc32)nnn1C1CCNCC1. The maximum absolute atomic E-state index is 12.9. The maximum Gasteiger partial charge on any atom is 0.280 e. The number of carbonyl (C=O) groups excluding carboxylic acids is 1. The van der Waals surface area contributed by atoms with E-state index in [0.29, 0.717) is 11.7 Å². The van der Waals surface area contributed by atoms with E-state index >= 15 is 0 Å². The quantitative estimate of drug-likeness (QED) is 0.917. The van der Waals surface area contributed by atoms with Crippen molar-refractivity contribution in [3.05, 3.63) is 41.2 Å². The number of hydrogen-bond donors (Lipinski definition) is 1. The average molecular weight is 311 g/mol. The summed E-state index contributed by atoms with van der Waals surface area (Å²) in [4.78, 5) is 14.8. The van der Waals surface area contributed by atoms with Gasteiger partial charge in [-0.3, -0.25) is 4.79 Å². The zero-order valence-electron chi connectivity index (χ0n) is 13.3. The highest BCUT2D eigenvalue weighted by Gasteiger charge is 2.30. The summed E-state index contributed by atoms with van der Waals surface area (Å²) >= 11 is 0. The number of nitrogens with one attached hydrogen (secondary N) is 1. The van der Waals surface area contributed by atoms with Crippen molar-refractivity contribution < 1.29 is 4.79 Å². The van der Waals surface area contributed by atoms with E-state index in [1.807, 2.05) is 34.7 Å². The molecule has 6 heteroatoms. The first-order valence-electron chi connectivity index (χ1n) is 8.28. The molecule has 23 heavy (non-hydrogen) atoms. The van der Waals surface area contributed by atoms with Gasteiger partial charge in [0, 0.05) is 12.2 Å². The van der Waals surface area contributed by atoms with Crippen LogP contribution in [0, 0.1) is 6.92 Å². The van der Waals surface area contributed by atoms with Crippen LogP contribution in [0.2, 0.25) is 0 Å². The van der Waals surface area contributed by atoms with Gasteiger partial charge >= 0.3 is 0 Å². The van der Waals surface area contributed by atoms with Gasteiger partial charge in [0.2, 0.25) is 0 Å². The molecule has 0 atom stereocenters. The lowest BCUT2D eigenvalue weighted by Gasteiger charge is -2.23. The Hall–Kier alpha value is -2.21. The third-order valence-corrected chi connectivity index (χ3v) is 4.92. The largest absolute Gasteiger partial charge is 0.317 e. The highest BCUT2D eigenvalue weighted by atomic mass is 16.2. The molecule has 0 bridgehead atoms. The second kappa shape index (κ2) is 5.77. The van der Waals surface area contributed by atoms with Gasteiger partial charge in [0.25, 0.3) is 5.91 Å². The molecule has 4 rings (SSSR count). The summed E-state index contributed by atoms with van der Waals surface area (Å²) in [5.74, 6) is -0.0346. The van der Waals surface area contributed by atoms with Crippen LogP contribution in [0.15, 0.2) is 24.3 Å². The lowest BCUT2D eigenvalue weighted by atomic mass is 10.1. The minimum atomic E-state index is -0.0346.